The molecule has 0 bridgehead atoms. The summed E-state index contributed by atoms with van der Waals surface area (Å²) in [6.07, 6.45) is 4.67. The Morgan fingerprint density at radius 2 is 1.71 bits per heavy atom. The van der Waals surface area contributed by atoms with Crippen LogP contribution in [0.1, 0.15) is 38.2 Å². The minimum atomic E-state index is -4.50. The lowest BCUT2D eigenvalue weighted by atomic mass is 10.0. The van der Waals surface area contributed by atoms with E-state index in [1.165, 1.54) is 6.20 Å². The van der Waals surface area contributed by atoms with Crippen molar-refractivity contribution in [3.8, 4) is 11.1 Å². The van der Waals surface area contributed by atoms with Crippen LogP contribution in [0.3, 0.4) is 0 Å². The summed E-state index contributed by atoms with van der Waals surface area (Å²) in [6.45, 7) is 4.83. The molecule has 0 fully saturated rings. The summed E-state index contributed by atoms with van der Waals surface area (Å²) in [5, 5.41) is 14.1. The largest absolute Gasteiger partial charge is 0.382 e. The molecule has 0 aliphatic rings. The number of benzene rings is 2. The van der Waals surface area contributed by atoms with E-state index in [1.54, 1.807) is 39.2 Å². The molecule has 4 aromatic rings. The Hall–Kier alpha value is -3.18. The number of anilines is 1. The first kappa shape index (κ1) is 24.9. The van der Waals surface area contributed by atoms with Crippen molar-refractivity contribution in [2.45, 2.75) is 37.3 Å². The molecule has 0 radical (unpaired) electrons. The van der Waals surface area contributed by atoms with E-state index >= 15 is 0 Å². The van der Waals surface area contributed by atoms with E-state index < -0.39 is 32.5 Å². The molecule has 0 amide bonds. The highest BCUT2D eigenvalue weighted by atomic mass is 35.5. The molecule has 11 heteroatoms. The summed E-state index contributed by atoms with van der Waals surface area (Å²) in [6, 6.07) is 7.81. The van der Waals surface area contributed by atoms with Gasteiger partial charge in [-0.3, -0.25) is 9.54 Å². The Morgan fingerprint density at radius 3 is 2.34 bits per heavy atom. The zero-order valence-corrected chi connectivity index (χ0v) is 20.6. The maximum Gasteiger partial charge on any atom is 0.294 e. The first-order valence-corrected chi connectivity index (χ1v) is 12.3. The lowest BCUT2D eigenvalue weighted by Gasteiger charge is -2.20. The van der Waals surface area contributed by atoms with Crippen molar-refractivity contribution in [1.82, 2.24) is 15.0 Å². The zero-order valence-electron chi connectivity index (χ0n) is 19.0. The van der Waals surface area contributed by atoms with Crippen molar-refractivity contribution in [3.05, 3.63) is 77.2 Å². The van der Waals surface area contributed by atoms with E-state index in [0.29, 0.717) is 22.2 Å². The molecule has 2 aromatic heterocycles. The first-order valence-electron chi connectivity index (χ1n) is 10.5. The number of aromatic nitrogens is 3. The van der Waals surface area contributed by atoms with Crippen LogP contribution in [0.25, 0.3) is 22.0 Å². The van der Waals surface area contributed by atoms with Gasteiger partial charge in [-0.1, -0.05) is 17.7 Å². The molecular formula is C24H22ClFN4O4S. The van der Waals surface area contributed by atoms with Crippen molar-refractivity contribution >= 4 is 38.3 Å². The zero-order chi connectivity index (χ0) is 25.5. The Kier molecular flexibility index (Phi) is 6.50. The van der Waals surface area contributed by atoms with E-state index in [1.807, 2.05) is 12.1 Å². The van der Waals surface area contributed by atoms with Crippen molar-refractivity contribution in [2.75, 3.05) is 5.32 Å². The fourth-order valence-corrected chi connectivity index (χ4v) is 4.32. The second-order valence-corrected chi connectivity index (χ2v) is 10.4. The van der Waals surface area contributed by atoms with Crippen LogP contribution < -0.4 is 5.32 Å². The van der Waals surface area contributed by atoms with Crippen LogP contribution in [0, 0.1) is 5.82 Å². The summed E-state index contributed by atoms with van der Waals surface area (Å²) >= 11 is 6.44. The standard InChI is InChI=1S/C24H22ClFN4O4S/c1-13(17-9-16(35(32,33)34)5-6-20(17)26)30-22-18-8-14(4-7-21(18)27-12-19(22)25)15-10-28-23(29-11-15)24(2,3)31/h4-13,31H,1-3H3,(H,27,30)(H,32,33,34)/t13-/m1/s1. The number of fused-ring (bicyclic) bond motifs is 1. The molecule has 4 rings (SSSR count). The highest BCUT2D eigenvalue weighted by Gasteiger charge is 2.21. The van der Waals surface area contributed by atoms with Crippen LogP contribution in [-0.2, 0) is 15.7 Å². The van der Waals surface area contributed by atoms with Crippen LogP contribution in [-0.4, -0.2) is 33.0 Å². The maximum atomic E-state index is 14.5. The van der Waals surface area contributed by atoms with Gasteiger partial charge in [-0.15, -0.1) is 0 Å². The van der Waals surface area contributed by atoms with Gasteiger partial charge in [0.1, 0.15) is 11.4 Å². The SMILES string of the molecule is C[C@@H](Nc1c(Cl)cnc2ccc(-c3cnc(C(C)(C)O)nc3)cc12)c1cc(S(=O)(=O)O)ccc1F. The van der Waals surface area contributed by atoms with E-state index in [0.717, 1.165) is 23.8 Å². The van der Waals surface area contributed by atoms with Gasteiger partial charge in [0.15, 0.2) is 5.82 Å². The monoisotopic (exact) mass is 516 g/mol. The molecular weight excluding hydrogens is 495 g/mol. The molecule has 1 atom stereocenters. The summed E-state index contributed by atoms with van der Waals surface area (Å²) in [4.78, 5) is 12.4. The number of hydrogen-bond donors (Lipinski definition) is 3. The number of nitrogens with one attached hydrogen (secondary N) is 1. The summed E-state index contributed by atoms with van der Waals surface area (Å²) in [5.41, 5.74) is 1.41. The van der Waals surface area contributed by atoms with Crippen LogP contribution >= 0.6 is 11.6 Å². The molecule has 0 aliphatic carbocycles. The van der Waals surface area contributed by atoms with Crippen molar-refractivity contribution in [3.63, 3.8) is 0 Å². The average Bonchev–Trinajstić information content (AvgIpc) is 2.79. The van der Waals surface area contributed by atoms with Gasteiger partial charge >= 0.3 is 0 Å². The van der Waals surface area contributed by atoms with E-state index in [-0.39, 0.29) is 16.4 Å². The molecule has 182 valence electrons. The number of halogens is 2. The summed E-state index contributed by atoms with van der Waals surface area (Å²) in [7, 11) is -4.50. The highest BCUT2D eigenvalue weighted by molar-refractivity contribution is 7.85. The highest BCUT2D eigenvalue weighted by Crippen LogP contribution is 2.35. The van der Waals surface area contributed by atoms with Gasteiger partial charge in [-0.05, 0) is 56.7 Å². The average molecular weight is 517 g/mol. The van der Waals surface area contributed by atoms with Crippen LogP contribution in [0.2, 0.25) is 5.02 Å². The number of rotatable bonds is 6. The Morgan fingerprint density at radius 1 is 1.03 bits per heavy atom. The number of pyridine rings is 1. The van der Waals surface area contributed by atoms with Gasteiger partial charge < -0.3 is 10.4 Å². The molecule has 8 nitrogen and oxygen atoms in total. The van der Waals surface area contributed by atoms with Gasteiger partial charge in [0.25, 0.3) is 10.1 Å². The third-order valence-electron chi connectivity index (χ3n) is 5.45. The quantitative estimate of drug-likeness (QED) is 0.301. The minimum absolute atomic E-state index is 0.0351. The third-order valence-corrected chi connectivity index (χ3v) is 6.58. The Labute approximate surface area is 206 Å². The van der Waals surface area contributed by atoms with Gasteiger partial charge in [0.2, 0.25) is 0 Å². The molecule has 3 N–H and O–H groups in total. The molecule has 35 heavy (non-hydrogen) atoms. The van der Waals surface area contributed by atoms with Crippen molar-refractivity contribution < 1.29 is 22.5 Å². The summed E-state index contributed by atoms with van der Waals surface area (Å²) in [5.74, 6) is -0.353. The van der Waals surface area contributed by atoms with E-state index in [9.17, 15) is 22.5 Å². The molecule has 0 saturated heterocycles. The normalized spacial score (nSPS) is 13.1. The number of hydrogen-bond acceptors (Lipinski definition) is 7. The topological polar surface area (TPSA) is 125 Å². The van der Waals surface area contributed by atoms with Gasteiger partial charge in [-0.25, -0.2) is 14.4 Å². The van der Waals surface area contributed by atoms with Crippen molar-refractivity contribution in [1.29, 1.82) is 0 Å². The third kappa shape index (κ3) is 5.25. The van der Waals surface area contributed by atoms with Gasteiger partial charge in [-0.2, -0.15) is 8.42 Å². The van der Waals surface area contributed by atoms with Crippen LogP contribution in [0.5, 0.6) is 0 Å². The fourth-order valence-electron chi connectivity index (χ4n) is 3.60. The van der Waals surface area contributed by atoms with Crippen LogP contribution in [0.15, 0.2) is 59.9 Å². The predicted octanol–water partition coefficient (Wildman–Crippen LogP) is 5.13. The van der Waals surface area contributed by atoms with Crippen molar-refractivity contribution in [2.24, 2.45) is 0 Å². The number of nitrogens with zero attached hydrogens (tertiary/aromatic N) is 3. The lowest BCUT2D eigenvalue weighted by Crippen LogP contribution is -2.19. The van der Waals surface area contributed by atoms with E-state index in [4.69, 9.17) is 11.6 Å². The molecule has 0 aliphatic heterocycles. The second-order valence-electron chi connectivity index (χ2n) is 8.59. The summed E-state index contributed by atoms with van der Waals surface area (Å²) < 4.78 is 46.9. The smallest absolute Gasteiger partial charge is 0.294 e. The number of aliphatic hydroxyl groups is 1. The Bertz CT molecular complexity index is 1520. The van der Waals surface area contributed by atoms with Crippen LogP contribution in [0.4, 0.5) is 10.1 Å². The molecule has 2 heterocycles. The molecule has 0 spiro atoms. The van der Waals surface area contributed by atoms with Gasteiger partial charge in [0.05, 0.1) is 27.2 Å². The van der Waals surface area contributed by atoms with E-state index in [2.05, 4.69) is 20.3 Å². The lowest BCUT2D eigenvalue weighted by molar-refractivity contribution is 0.0687. The predicted molar refractivity (Wildman–Crippen MR) is 131 cm³/mol. The molecule has 2 aromatic carbocycles. The second kappa shape index (κ2) is 9.12. The first-order chi connectivity index (χ1) is 16.3. The fraction of sp³-hybridized carbons (Fsp3) is 0.208. The maximum absolute atomic E-state index is 14.5. The van der Waals surface area contributed by atoms with Gasteiger partial charge in [0, 0.05) is 35.1 Å². The molecule has 0 unspecified atom stereocenters. The Balaban J connectivity index is 1.75. The molecule has 0 saturated carbocycles. The minimum Gasteiger partial charge on any atom is -0.382 e.